The molecule has 14 heavy (non-hydrogen) atoms. The summed E-state index contributed by atoms with van der Waals surface area (Å²) >= 11 is 0. The lowest BCUT2D eigenvalue weighted by Crippen LogP contribution is -2.11. The molecule has 1 aliphatic carbocycles. The quantitative estimate of drug-likeness (QED) is 0.729. The topological polar surface area (TPSA) is 89.1 Å². The highest BCUT2D eigenvalue weighted by Crippen LogP contribution is 2.38. The van der Waals surface area contributed by atoms with E-state index in [0.717, 1.165) is 12.8 Å². The van der Waals surface area contributed by atoms with E-state index in [4.69, 9.17) is 10.8 Å². The third-order valence-electron chi connectivity index (χ3n) is 2.35. The normalized spacial score (nSPS) is 15.5. The summed E-state index contributed by atoms with van der Waals surface area (Å²) in [6, 6.07) is 0. The van der Waals surface area contributed by atoms with E-state index >= 15 is 0 Å². The van der Waals surface area contributed by atoms with Crippen molar-refractivity contribution in [1.82, 2.24) is 9.97 Å². The molecule has 5 nitrogen and oxygen atoms in total. The Hall–Kier alpha value is -1.65. The first-order valence-corrected chi connectivity index (χ1v) is 4.47. The average Bonchev–Trinajstić information content (AvgIpc) is 2.91. The summed E-state index contributed by atoms with van der Waals surface area (Å²) in [5, 5.41) is 8.87. The molecule has 1 aromatic heterocycles. The summed E-state index contributed by atoms with van der Waals surface area (Å²) in [5.41, 5.74) is 6.08. The summed E-state index contributed by atoms with van der Waals surface area (Å²) in [6.07, 6.45) is 2.06. The molecule has 2 rings (SSSR count). The van der Waals surface area contributed by atoms with E-state index in [0.29, 0.717) is 17.3 Å². The highest BCUT2D eigenvalue weighted by Gasteiger charge is 2.28. The number of anilines is 1. The molecule has 1 heterocycles. The molecule has 1 aliphatic rings. The van der Waals surface area contributed by atoms with Crippen molar-refractivity contribution in [3.05, 3.63) is 17.1 Å². The summed E-state index contributed by atoms with van der Waals surface area (Å²) in [5.74, 6) is 0.124. The van der Waals surface area contributed by atoms with Gasteiger partial charge in [0.15, 0.2) is 5.69 Å². The van der Waals surface area contributed by atoms with Crippen molar-refractivity contribution in [3.63, 3.8) is 0 Å². The van der Waals surface area contributed by atoms with Crippen molar-refractivity contribution in [3.8, 4) is 0 Å². The van der Waals surface area contributed by atoms with E-state index in [9.17, 15) is 4.79 Å². The largest absolute Gasteiger partial charge is 0.476 e. The first-order chi connectivity index (χ1) is 6.59. The van der Waals surface area contributed by atoms with E-state index in [1.54, 1.807) is 6.92 Å². The van der Waals surface area contributed by atoms with Crippen molar-refractivity contribution in [2.24, 2.45) is 0 Å². The Balaban J connectivity index is 2.51. The Morgan fingerprint density at radius 3 is 2.64 bits per heavy atom. The maximum absolute atomic E-state index is 10.8. The average molecular weight is 193 g/mol. The third-order valence-corrected chi connectivity index (χ3v) is 2.35. The fourth-order valence-corrected chi connectivity index (χ4v) is 1.28. The molecule has 0 saturated heterocycles. The summed E-state index contributed by atoms with van der Waals surface area (Å²) in [6.45, 7) is 1.62. The van der Waals surface area contributed by atoms with Gasteiger partial charge in [0.25, 0.3) is 0 Å². The highest BCUT2D eigenvalue weighted by molar-refractivity contribution is 5.88. The first-order valence-electron chi connectivity index (χ1n) is 4.47. The van der Waals surface area contributed by atoms with Crippen LogP contribution in [0.1, 0.15) is 40.6 Å². The van der Waals surface area contributed by atoms with Gasteiger partial charge >= 0.3 is 5.97 Å². The Bertz CT molecular complexity index is 399. The van der Waals surface area contributed by atoms with Crippen LogP contribution in [0.3, 0.4) is 0 Å². The molecule has 0 bridgehead atoms. The van der Waals surface area contributed by atoms with Gasteiger partial charge < -0.3 is 10.8 Å². The highest BCUT2D eigenvalue weighted by atomic mass is 16.4. The molecule has 0 aliphatic heterocycles. The van der Waals surface area contributed by atoms with Gasteiger partial charge in [0.2, 0.25) is 0 Å². The molecule has 0 unspecified atom stereocenters. The number of rotatable bonds is 2. The maximum Gasteiger partial charge on any atom is 0.354 e. The maximum atomic E-state index is 10.8. The first kappa shape index (κ1) is 8.93. The van der Waals surface area contributed by atoms with Crippen molar-refractivity contribution in [2.45, 2.75) is 25.7 Å². The van der Waals surface area contributed by atoms with Gasteiger partial charge in [-0.1, -0.05) is 0 Å². The Labute approximate surface area is 81.0 Å². The third kappa shape index (κ3) is 1.41. The Morgan fingerprint density at radius 1 is 1.50 bits per heavy atom. The molecule has 1 aromatic rings. The number of aromatic carboxylic acids is 1. The van der Waals surface area contributed by atoms with E-state index in [-0.39, 0.29) is 11.5 Å². The number of hydrogen-bond donors (Lipinski definition) is 2. The van der Waals surface area contributed by atoms with E-state index < -0.39 is 5.97 Å². The Kier molecular flexibility index (Phi) is 1.87. The zero-order chi connectivity index (χ0) is 10.3. The summed E-state index contributed by atoms with van der Waals surface area (Å²) in [7, 11) is 0. The standard InChI is InChI=1S/C9H11N3O2/c1-4-6(9(13)14)11-8(5-2-3-5)12-7(4)10/h5H,2-3H2,1H3,(H,13,14)(H2,10,11,12). The monoisotopic (exact) mass is 193 g/mol. The van der Waals surface area contributed by atoms with Crippen LogP contribution in [0.5, 0.6) is 0 Å². The molecular formula is C9H11N3O2. The van der Waals surface area contributed by atoms with Gasteiger partial charge in [0.05, 0.1) is 0 Å². The molecule has 0 radical (unpaired) electrons. The van der Waals surface area contributed by atoms with Crippen LogP contribution in [-0.2, 0) is 0 Å². The van der Waals surface area contributed by atoms with Gasteiger partial charge in [-0.05, 0) is 19.8 Å². The van der Waals surface area contributed by atoms with Crippen LogP contribution in [0.25, 0.3) is 0 Å². The van der Waals surface area contributed by atoms with Crippen molar-refractivity contribution in [1.29, 1.82) is 0 Å². The lowest BCUT2D eigenvalue weighted by molar-refractivity contribution is 0.0689. The molecule has 74 valence electrons. The lowest BCUT2D eigenvalue weighted by atomic mass is 10.2. The summed E-state index contributed by atoms with van der Waals surface area (Å²) < 4.78 is 0. The van der Waals surface area contributed by atoms with Crippen LogP contribution in [0.4, 0.5) is 5.82 Å². The minimum absolute atomic E-state index is 0.0272. The minimum atomic E-state index is -1.04. The second-order valence-electron chi connectivity index (χ2n) is 3.52. The number of carboxylic acid groups (broad SMARTS) is 1. The van der Waals surface area contributed by atoms with Gasteiger partial charge in [-0.2, -0.15) is 0 Å². The van der Waals surface area contributed by atoms with E-state index in [1.807, 2.05) is 0 Å². The predicted molar refractivity (Wildman–Crippen MR) is 50.1 cm³/mol. The molecule has 0 amide bonds. The molecule has 0 atom stereocenters. The van der Waals surface area contributed by atoms with E-state index in [1.165, 1.54) is 0 Å². The smallest absolute Gasteiger partial charge is 0.354 e. The number of nitrogen functional groups attached to an aromatic ring is 1. The van der Waals surface area contributed by atoms with Gasteiger partial charge in [0, 0.05) is 11.5 Å². The fourth-order valence-electron chi connectivity index (χ4n) is 1.28. The molecule has 3 N–H and O–H groups in total. The molecule has 1 fully saturated rings. The predicted octanol–water partition coefficient (Wildman–Crippen LogP) is 0.943. The molecule has 0 aromatic carbocycles. The second-order valence-corrected chi connectivity index (χ2v) is 3.52. The molecular weight excluding hydrogens is 182 g/mol. The number of carboxylic acids is 1. The molecule has 1 saturated carbocycles. The lowest BCUT2D eigenvalue weighted by Gasteiger charge is -2.05. The van der Waals surface area contributed by atoms with Crippen LogP contribution in [-0.4, -0.2) is 21.0 Å². The van der Waals surface area contributed by atoms with Crippen molar-refractivity contribution < 1.29 is 9.90 Å². The minimum Gasteiger partial charge on any atom is -0.476 e. The van der Waals surface area contributed by atoms with Gasteiger partial charge in [0.1, 0.15) is 11.6 Å². The number of nitrogens with zero attached hydrogens (tertiary/aromatic N) is 2. The second kappa shape index (κ2) is 2.94. The zero-order valence-corrected chi connectivity index (χ0v) is 7.82. The number of nitrogens with two attached hydrogens (primary N) is 1. The Morgan fingerprint density at radius 2 is 2.14 bits per heavy atom. The van der Waals surface area contributed by atoms with Gasteiger partial charge in [-0.15, -0.1) is 0 Å². The van der Waals surface area contributed by atoms with Crippen molar-refractivity contribution >= 4 is 11.8 Å². The molecule has 0 spiro atoms. The van der Waals surface area contributed by atoms with E-state index in [2.05, 4.69) is 9.97 Å². The number of carbonyl (C=O) groups is 1. The zero-order valence-electron chi connectivity index (χ0n) is 7.82. The van der Waals surface area contributed by atoms with Crippen LogP contribution < -0.4 is 5.73 Å². The fraction of sp³-hybridized carbons (Fsp3) is 0.444. The van der Waals surface area contributed by atoms with Gasteiger partial charge in [-0.25, -0.2) is 14.8 Å². The van der Waals surface area contributed by atoms with Gasteiger partial charge in [-0.3, -0.25) is 0 Å². The molecule has 5 heteroatoms. The number of hydrogen-bond acceptors (Lipinski definition) is 4. The van der Waals surface area contributed by atoms with Crippen LogP contribution in [0.2, 0.25) is 0 Å². The SMILES string of the molecule is Cc1c(N)nc(C2CC2)nc1C(=O)O. The van der Waals surface area contributed by atoms with Crippen LogP contribution >= 0.6 is 0 Å². The number of aromatic nitrogens is 2. The summed E-state index contributed by atoms with van der Waals surface area (Å²) in [4.78, 5) is 18.9. The van der Waals surface area contributed by atoms with Crippen LogP contribution in [0, 0.1) is 6.92 Å². The van der Waals surface area contributed by atoms with Crippen LogP contribution in [0.15, 0.2) is 0 Å². The van der Waals surface area contributed by atoms with Crippen molar-refractivity contribution in [2.75, 3.05) is 5.73 Å².